The monoisotopic (exact) mass is 253 g/mol. The van der Waals surface area contributed by atoms with Crippen LogP contribution in [-0.4, -0.2) is 43.1 Å². The molecule has 4 heteroatoms. The van der Waals surface area contributed by atoms with Gasteiger partial charge in [-0.15, -0.1) is 11.6 Å². The second-order valence-electron chi connectivity index (χ2n) is 5.05. The van der Waals surface area contributed by atoms with Gasteiger partial charge in [-0.05, 0) is 32.1 Å². The van der Waals surface area contributed by atoms with Gasteiger partial charge in [0.2, 0.25) is 0 Å². The van der Waals surface area contributed by atoms with E-state index >= 15 is 0 Å². The maximum atomic E-state index is 5.82. The van der Waals surface area contributed by atoms with Gasteiger partial charge in [-0.2, -0.15) is 0 Å². The Morgan fingerprint density at radius 3 is 2.82 bits per heavy atom. The normalized spacial score (nSPS) is 24.6. The van der Waals surface area contributed by atoms with Crippen LogP contribution in [0.2, 0.25) is 0 Å². The Kier molecular flexibility index (Phi) is 3.89. The number of likely N-dealkylation sites (N-methyl/N-ethyl adjacent to an activating group) is 1. The summed E-state index contributed by atoms with van der Waals surface area (Å²) < 4.78 is 0. The third-order valence-electron chi connectivity index (χ3n) is 3.54. The molecule has 0 bridgehead atoms. The zero-order valence-corrected chi connectivity index (χ0v) is 11.5. The summed E-state index contributed by atoms with van der Waals surface area (Å²) in [6.45, 7) is 4.50. The lowest BCUT2D eigenvalue weighted by molar-refractivity contribution is 0.266. The molecule has 1 fully saturated rings. The molecule has 17 heavy (non-hydrogen) atoms. The minimum absolute atomic E-state index is 0.480. The Morgan fingerprint density at radius 2 is 2.24 bits per heavy atom. The summed E-state index contributed by atoms with van der Waals surface area (Å²) in [7, 11) is 4.31. The van der Waals surface area contributed by atoms with Gasteiger partial charge in [0.1, 0.15) is 0 Å². The smallest absolute Gasteiger partial charge is 0.0648 e. The van der Waals surface area contributed by atoms with Crippen molar-refractivity contribution >= 4 is 17.3 Å². The standard InChI is InChI=1S/C13H20ClN3/c1-10-8-17(9-13(10)16(2)3)12-4-5-15-11(6-12)7-14/h4-6,10,13H,7-9H2,1-3H3. The third kappa shape index (κ3) is 2.72. The van der Waals surface area contributed by atoms with Gasteiger partial charge in [-0.1, -0.05) is 6.92 Å². The van der Waals surface area contributed by atoms with E-state index in [1.54, 1.807) is 0 Å². The van der Waals surface area contributed by atoms with Crippen molar-refractivity contribution in [2.24, 2.45) is 5.92 Å². The highest BCUT2D eigenvalue weighted by Crippen LogP contribution is 2.26. The number of hydrogen-bond donors (Lipinski definition) is 0. The third-order valence-corrected chi connectivity index (χ3v) is 3.81. The number of rotatable bonds is 3. The van der Waals surface area contributed by atoms with Crippen LogP contribution in [0.3, 0.4) is 0 Å². The van der Waals surface area contributed by atoms with Gasteiger partial charge in [0.25, 0.3) is 0 Å². The Bertz CT molecular complexity index is 381. The first-order chi connectivity index (χ1) is 8.11. The van der Waals surface area contributed by atoms with Crippen molar-refractivity contribution in [2.75, 3.05) is 32.1 Å². The Balaban J connectivity index is 2.13. The maximum Gasteiger partial charge on any atom is 0.0648 e. The van der Waals surface area contributed by atoms with Crippen molar-refractivity contribution in [3.05, 3.63) is 24.0 Å². The van der Waals surface area contributed by atoms with Crippen molar-refractivity contribution in [3.8, 4) is 0 Å². The lowest BCUT2D eigenvalue weighted by Crippen LogP contribution is -2.34. The Morgan fingerprint density at radius 1 is 1.47 bits per heavy atom. The molecule has 2 unspecified atom stereocenters. The summed E-state index contributed by atoms with van der Waals surface area (Å²) in [6, 6.07) is 4.79. The van der Waals surface area contributed by atoms with Crippen LogP contribution in [0, 0.1) is 5.92 Å². The molecule has 2 atom stereocenters. The topological polar surface area (TPSA) is 19.4 Å². The molecule has 1 aliphatic heterocycles. The number of alkyl halides is 1. The number of hydrogen-bond acceptors (Lipinski definition) is 3. The summed E-state index contributed by atoms with van der Waals surface area (Å²) in [4.78, 5) is 8.97. The van der Waals surface area contributed by atoms with Crippen LogP contribution in [0.25, 0.3) is 0 Å². The number of aromatic nitrogens is 1. The fourth-order valence-corrected chi connectivity index (χ4v) is 2.71. The molecule has 0 radical (unpaired) electrons. The van der Waals surface area contributed by atoms with Crippen molar-refractivity contribution in [2.45, 2.75) is 18.8 Å². The van der Waals surface area contributed by atoms with E-state index in [0.29, 0.717) is 17.8 Å². The summed E-state index contributed by atoms with van der Waals surface area (Å²) in [5, 5.41) is 0. The molecule has 2 heterocycles. The van der Waals surface area contributed by atoms with Crippen LogP contribution in [0.5, 0.6) is 0 Å². The Labute approximate surface area is 108 Å². The predicted octanol–water partition coefficient (Wildman–Crippen LogP) is 2.21. The SMILES string of the molecule is CC1CN(c2ccnc(CCl)c2)CC1N(C)C. The number of nitrogens with zero attached hydrogens (tertiary/aromatic N) is 3. The average Bonchev–Trinajstić information content (AvgIpc) is 2.71. The van der Waals surface area contributed by atoms with Crippen molar-refractivity contribution in [1.82, 2.24) is 9.88 Å². The van der Waals surface area contributed by atoms with E-state index in [4.69, 9.17) is 11.6 Å². The van der Waals surface area contributed by atoms with Crippen molar-refractivity contribution < 1.29 is 0 Å². The molecule has 3 nitrogen and oxygen atoms in total. The Hall–Kier alpha value is -0.800. The predicted molar refractivity (Wildman–Crippen MR) is 72.6 cm³/mol. The first kappa shape index (κ1) is 12.7. The number of anilines is 1. The van der Waals surface area contributed by atoms with Gasteiger partial charge in [0, 0.05) is 31.0 Å². The summed E-state index contributed by atoms with van der Waals surface area (Å²) >= 11 is 5.82. The second kappa shape index (κ2) is 5.23. The van der Waals surface area contributed by atoms with E-state index in [1.807, 2.05) is 6.20 Å². The minimum Gasteiger partial charge on any atom is -0.370 e. The lowest BCUT2D eigenvalue weighted by atomic mass is 10.1. The molecule has 1 aliphatic rings. The fourth-order valence-electron chi connectivity index (χ4n) is 2.57. The van der Waals surface area contributed by atoms with Gasteiger partial charge < -0.3 is 9.80 Å². The average molecular weight is 254 g/mol. The first-order valence-corrected chi connectivity index (χ1v) is 6.57. The van der Waals surface area contributed by atoms with E-state index < -0.39 is 0 Å². The molecule has 94 valence electrons. The molecular weight excluding hydrogens is 234 g/mol. The molecule has 1 saturated heterocycles. The lowest BCUT2D eigenvalue weighted by Gasteiger charge is -2.23. The molecule has 1 aromatic rings. The van der Waals surface area contributed by atoms with E-state index in [1.165, 1.54) is 5.69 Å². The molecule has 0 saturated carbocycles. The maximum absolute atomic E-state index is 5.82. The van der Waals surface area contributed by atoms with Crippen LogP contribution in [0.15, 0.2) is 18.3 Å². The van der Waals surface area contributed by atoms with Gasteiger partial charge in [-0.25, -0.2) is 0 Å². The molecule has 0 amide bonds. The van der Waals surface area contributed by atoms with Crippen LogP contribution >= 0.6 is 11.6 Å². The van der Waals surface area contributed by atoms with Gasteiger partial charge in [-0.3, -0.25) is 4.98 Å². The second-order valence-corrected chi connectivity index (χ2v) is 5.32. The zero-order valence-electron chi connectivity index (χ0n) is 10.7. The van der Waals surface area contributed by atoms with Crippen molar-refractivity contribution in [1.29, 1.82) is 0 Å². The van der Waals surface area contributed by atoms with Crippen LogP contribution in [0.4, 0.5) is 5.69 Å². The number of pyridine rings is 1. The van der Waals surface area contributed by atoms with Gasteiger partial charge >= 0.3 is 0 Å². The molecule has 0 N–H and O–H groups in total. The minimum atomic E-state index is 0.480. The summed E-state index contributed by atoms with van der Waals surface area (Å²) in [5.41, 5.74) is 2.19. The molecule has 0 aliphatic carbocycles. The quantitative estimate of drug-likeness (QED) is 0.770. The van der Waals surface area contributed by atoms with Gasteiger partial charge in [0.05, 0.1) is 11.6 Å². The van der Waals surface area contributed by atoms with E-state index in [-0.39, 0.29) is 0 Å². The highest BCUT2D eigenvalue weighted by atomic mass is 35.5. The first-order valence-electron chi connectivity index (χ1n) is 6.04. The van der Waals surface area contributed by atoms with Crippen LogP contribution < -0.4 is 4.90 Å². The highest BCUT2D eigenvalue weighted by molar-refractivity contribution is 6.16. The van der Waals surface area contributed by atoms with Crippen LogP contribution in [0.1, 0.15) is 12.6 Å². The summed E-state index contributed by atoms with van der Waals surface area (Å²) in [6.07, 6.45) is 1.85. The van der Waals surface area contributed by atoms with Crippen molar-refractivity contribution in [3.63, 3.8) is 0 Å². The van der Waals surface area contributed by atoms with Gasteiger partial charge in [0.15, 0.2) is 0 Å². The van der Waals surface area contributed by atoms with Crippen LogP contribution in [-0.2, 0) is 5.88 Å². The summed E-state index contributed by atoms with van der Waals surface area (Å²) in [5.74, 6) is 1.17. The molecule has 2 rings (SSSR count). The molecule has 0 spiro atoms. The van der Waals surface area contributed by atoms with E-state index in [0.717, 1.165) is 18.8 Å². The number of halogens is 1. The zero-order chi connectivity index (χ0) is 12.4. The fraction of sp³-hybridized carbons (Fsp3) is 0.615. The molecule has 1 aromatic heterocycles. The van der Waals surface area contributed by atoms with E-state index in [9.17, 15) is 0 Å². The van der Waals surface area contributed by atoms with E-state index in [2.05, 4.69) is 47.9 Å². The largest absolute Gasteiger partial charge is 0.370 e. The highest BCUT2D eigenvalue weighted by Gasteiger charge is 2.31. The molecular formula is C13H20ClN3. The molecule has 0 aromatic carbocycles.